The average Bonchev–Trinajstić information content (AvgIpc) is 3.41. The van der Waals surface area contributed by atoms with Gasteiger partial charge in [-0.1, -0.05) is 45.9 Å². The first kappa shape index (κ1) is 23.5. The van der Waals surface area contributed by atoms with Crippen LogP contribution < -0.4 is 0 Å². The maximum absolute atomic E-state index is 14.7. The van der Waals surface area contributed by atoms with Crippen LogP contribution in [0, 0.1) is 24.5 Å². The molecule has 1 aliphatic carbocycles. The molecule has 3 heterocycles. The van der Waals surface area contributed by atoms with E-state index in [1.54, 1.807) is 17.5 Å². The number of pyridine rings is 1. The number of carbonyl (C=O) groups excluding carboxylic acids is 1. The summed E-state index contributed by atoms with van der Waals surface area (Å²) in [6.07, 6.45) is 6.15. The van der Waals surface area contributed by atoms with Gasteiger partial charge in [-0.05, 0) is 67.0 Å². The van der Waals surface area contributed by atoms with Gasteiger partial charge in [0.2, 0.25) is 0 Å². The van der Waals surface area contributed by atoms with E-state index in [4.69, 9.17) is 0 Å². The fourth-order valence-corrected chi connectivity index (χ4v) is 5.86. The van der Waals surface area contributed by atoms with Crippen molar-refractivity contribution in [3.63, 3.8) is 0 Å². The lowest BCUT2D eigenvalue weighted by Gasteiger charge is -2.40. The van der Waals surface area contributed by atoms with Crippen LogP contribution in [0.4, 0.5) is 8.78 Å². The number of nitrogens with zero attached hydrogens (tertiary/aromatic N) is 3. The number of rotatable bonds is 4. The summed E-state index contributed by atoms with van der Waals surface area (Å²) < 4.78 is 31.1. The van der Waals surface area contributed by atoms with Crippen LogP contribution in [0.15, 0.2) is 53.6 Å². The van der Waals surface area contributed by atoms with Crippen molar-refractivity contribution in [2.24, 2.45) is 5.92 Å². The third kappa shape index (κ3) is 3.70. The average molecular weight is 476 g/mol. The lowest BCUT2D eigenvalue weighted by Crippen LogP contribution is -2.47. The molecule has 1 aromatic carbocycles. The van der Waals surface area contributed by atoms with Crippen molar-refractivity contribution >= 4 is 11.4 Å². The van der Waals surface area contributed by atoms with Crippen LogP contribution in [0.25, 0.3) is 16.6 Å². The van der Waals surface area contributed by atoms with E-state index >= 15 is 0 Å². The summed E-state index contributed by atoms with van der Waals surface area (Å²) in [5.74, 6) is -1.01. The number of allylic oxidation sites excluding steroid dienone is 2. The second kappa shape index (κ2) is 8.74. The number of hydrogen-bond acceptors (Lipinski definition) is 2. The first-order valence-electron chi connectivity index (χ1n) is 12.4. The molecule has 1 aliphatic heterocycles. The normalized spacial score (nSPS) is 17.9. The predicted octanol–water partition coefficient (Wildman–Crippen LogP) is 6.84. The molecule has 2 aliphatic rings. The summed E-state index contributed by atoms with van der Waals surface area (Å²) >= 11 is 0. The number of carbonyl (C=O) groups is 1. The monoisotopic (exact) mass is 475 g/mol. The highest BCUT2D eigenvalue weighted by Gasteiger charge is 2.36. The smallest absolute Gasteiger partial charge is 0.256 e. The zero-order chi connectivity index (χ0) is 25.0. The van der Waals surface area contributed by atoms with Crippen LogP contribution in [-0.4, -0.2) is 33.0 Å². The second-order valence-corrected chi connectivity index (χ2v) is 10.2. The van der Waals surface area contributed by atoms with E-state index in [0.29, 0.717) is 28.9 Å². The first-order valence-corrected chi connectivity index (χ1v) is 12.4. The zero-order valence-corrected chi connectivity index (χ0v) is 20.9. The topological polar surface area (TPSA) is 37.6 Å². The predicted molar refractivity (Wildman–Crippen MR) is 134 cm³/mol. The van der Waals surface area contributed by atoms with Gasteiger partial charge in [0, 0.05) is 12.1 Å². The van der Waals surface area contributed by atoms with E-state index in [0.717, 1.165) is 18.5 Å². The van der Waals surface area contributed by atoms with Gasteiger partial charge in [-0.2, -0.15) is 5.10 Å². The summed E-state index contributed by atoms with van der Waals surface area (Å²) in [6, 6.07) is 7.51. The van der Waals surface area contributed by atoms with Gasteiger partial charge in [-0.25, -0.2) is 13.3 Å². The van der Waals surface area contributed by atoms with Gasteiger partial charge in [0.25, 0.3) is 5.91 Å². The van der Waals surface area contributed by atoms with Gasteiger partial charge in [0.1, 0.15) is 11.6 Å². The minimum Gasteiger partial charge on any atom is -0.331 e. The quantitative estimate of drug-likeness (QED) is 0.414. The van der Waals surface area contributed by atoms with Crippen molar-refractivity contribution in [3.8, 4) is 11.1 Å². The molecular formula is C29H31F2N3O. The Morgan fingerprint density at radius 3 is 2.43 bits per heavy atom. The van der Waals surface area contributed by atoms with Crippen molar-refractivity contribution < 1.29 is 13.6 Å². The fourth-order valence-electron chi connectivity index (χ4n) is 5.86. The Morgan fingerprint density at radius 1 is 1.06 bits per heavy atom. The highest BCUT2D eigenvalue weighted by molar-refractivity contribution is 5.97. The molecule has 182 valence electrons. The number of fused-ring (bicyclic) bond motifs is 1. The Kier molecular flexibility index (Phi) is 5.86. The molecule has 1 amide bonds. The second-order valence-electron chi connectivity index (χ2n) is 10.2. The molecule has 5 rings (SSSR count). The third-order valence-electron chi connectivity index (χ3n) is 7.27. The lowest BCUT2D eigenvalue weighted by molar-refractivity contribution is 0.0647. The molecule has 1 unspecified atom stereocenters. The zero-order valence-electron chi connectivity index (χ0n) is 20.9. The Balaban J connectivity index is 1.66. The minimum atomic E-state index is -0.628. The molecule has 0 saturated heterocycles. The summed E-state index contributed by atoms with van der Waals surface area (Å²) in [7, 11) is 0. The van der Waals surface area contributed by atoms with E-state index in [9.17, 15) is 13.6 Å². The largest absolute Gasteiger partial charge is 0.331 e. The molecule has 0 spiro atoms. The molecule has 0 saturated carbocycles. The summed E-state index contributed by atoms with van der Waals surface area (Å²) in [4.78, 5) is 16.1. The van der Waals surface area contributed by atoms with E-state index in [1.807, 2.05) is 24.8 Å². The van der Waals surface area contributed by atoms with E-state index in [-0.39, 0.29) is 29.3 Å². The molecule has 0 bridgehead atoms. The summed E-state index contributed by atoms with van der Waals surface area (Å²) in [5.41, 5.74) is 5.51. The molecule has 6 heteroatoms. The maximum Gasteiger partial charge on any atom is 0.256 e. The van der Waals surface area contributed by atoms with Crippen LogP contribution in [0.5, 0.6) is 0 Å². The van der Waals surface area contributed by atoms with Gasteiger partial charge in [0.05, 0.1) is 34.1 Å². The molecular weight excluding hydrogens is 444 g/mol. The molecule has 0 fully saturated rings. The van der Waals surface area contributed by atoms with Crippen LogP contribution in [0.1, 0.15) is 68.2 Å². The minimum absolute atomic E-state index is 0.0143. The number of aromatic nitrogens is 2. The van der Waals surface area contributed by atoms with Crippen molar-refractivity contribution in [3.05, 3.63) is 82.2 Å². The fraction of sp³-hybridized carbons (Fsp3) is 0.379. The van der Waals surface area contributed by atoms with E-state index < -0.39 is 11.6 Å². The van der Waals surface area contributed by atoms with Crippen LogP contribution in [0.3, 0.4) is 0 Å². The number of halogens is 2. The Morgan fingerprint density at radius 2 is 1.77 bits per heavy atom. The van der Waals surface area contributed by atoms with E-state index in [1.165, 1.54) is 29.3 Å². The van der Waals surface area contributed by atoms with Gasteiger partial charge < -0.3 is 4.90 Å². The van der Waals surface area contributed by atoms with Gasteiger partial charge >= 0.3 is 0 Å². The Bertz CT molecular complexity index is 1380. The van der Waals surface area contributed by atoms with Crippen LogP contribution >= 0.6 is 0 Å². The maximum atomic E-state index is 14.7. The van der Waals surface area contributed by atoms with Gasteiger partial charge in [-0.3, -0.25) is 4.79 Å². The number of amides is 1. The first-order chi connectivity index (χ1) is 16.7. The van der Waals surface area contributed by atoms with Crippen molar-refractivity contribution in [2.45, 2.75) is 59.4 Å². The molecule has 4 nitrogen and oxygen atoms in total. The van der Waals surface area contributed by atoms with Crippen molar-refractivity contribution in [2.75, 3.05) is 6.54 Å². The lowest BCUT2D eigenvalue weighted by atomic mass is 9.86. The number of hydrogen-bond donors (Lipinski definition) is 0. The van der Waals surface area contributed by atoms with Crippen molar-refractivity contribution in [1.29, 1.82) is 0 Å². The SMILES string of the molecule is Cc1nn2c(C(C)C)c(C(=O)N3CCC4=C(CC=C4)C3C(C)C)ccc2c1-c1c(F)cccc1F. The molecule has 3 aromatic rings. The molecule has 35 heavy (non-hydrogen) atoms. The number of benzene rings is 1. The molecule has 0 N–H and O–H groups in total. The standard InChI is InChI=1S/C29H31F2N3O/c1-16(2)27-20-9-6-8-19(20)14-15-33(27)29(35)21-12-13-24-25(26-22(30)10-7-11-23(26)31)18(5)32-34(24)28(21)17(3)4/h6-8,10-13,16-17,27H,9,14-15H2,1-5H3. The highest BCUT2D eigenvalue weighted by atomic mass is 19.1. The summed E-state index contributed by atoms with van der Waals surface area (Å²) in [6.45, 7) is 10.8. The van der Waals surface area contributed by atoms with Gasteiger partial charge in [-0.15, -0.1) is 0 Å². The molecule has 0 radical (unpaired) electrons. The summed E-state index contributed by atoms with van der Waals surface area (Å²) in [5, 5.41) is 4.68. The van der Waals surface area contributed by atoms with Crippen molar-refractivity contribution in [1.82, 2.24) is 14.5 Å². The van der Waals surface area contributed by atoms with Crippen LogP contribution in [-0.2, 0) is 0 Å². The number of aryl methyl sites for hydroxylation is 1. The van der Waals surface area contributed by atoms with E-state index in [2.05, 4.69) is 31.1 Å². The van der Waals surface area contributed by atoms with Gasteiger partial charge in [0.15, 0.2) is 0 Å². The van der Waals surface area contributed by atoms with Crippen LogP contribution in [0.2, 0.25) is 0 Å². The molecule has 1 atom stereocenters. The Hall–Kier alpha value is -3.28. The Labute approximate surface area is 204 Å². The third-order valence-corrected chi connectivity index (χ3v) is 7.27. The highest BCUT2D eigenvalue weighted by Crippen LogP contribution is 2.38. The molecule has 2 aromatic heterocycles.